The summed E-state index contributed by atoms with van der Waals surface area (Å²) in [5.74, 6) is 1.06. The minimum atomic E-state index is -4.10. The number of methoxy groups -OCH3 is 1. The van der Waals surface area contributed by atoms with Crippen molar-refractivity contribution in [3.8, 4) is 11.5 Å². The van der Waals surface area contributed by atoms with Crippen LogP contribution in [0.2, 0.25) is 0 Å². The highest BCUT2D eigenvalue weighted by Gasteiger charge is 2.25. The summed E-state index contributed by atoms with van der Waals surface area (Å²) in [6, 6.07) is 11.7. The second-order valence-corrected chi connectivity index (χ2v) is 10.6. The first-order valence-corrected chi connectivity index (χ1v) is 13.7. The lowest BCUT2D eigenvalue weighted by Crippen LogP contribution is -2.38. The molecule has 8 heteroatoms. The van der Waals surface area contributed by atoms with Gasteiger partial charge in [-0.3, -0.25) is 4.79 Å². The second kappa shape index (κ2) is 12.8. The minimum absolute atomic E-state index is 0.00903. The van der Waals surface area contributed by atoms with E-state index in [1.165, 1.54) is 19.2 Å². The second-order valence-electron chi connectivity index (χ2n) is 9.05. The first-order valence-electron chi connectivity index (χ1n) is 12.3. The number of hydrogen-bond acceptors (Lipinski definition) is 6. The molecule has 2 aromatic carbocycles. The highest BCUT2D eigenvalue weighted by Crippen LogP contribution is 2.31. The van der Waals surface area contributed by atoms with Crippen LogP contribution in [-0.2, 0) is 21.5 Å². The van der Waals surface area contributed by atoms with Crippen molar-refractivity contribution >= 4 is 21.7 Å². The topological polar surface area (TPSA) is 76.2 Å². The van der Waals surface area contributed by atoms with Crippen LogP contribution in [0.1, 0.15) is 59.9 Å². The summed E-state index contributed by atoms with van der Waals surface area (Å²) >= 11 is 0. The molecule has 2 aromatic rings. The van der Waals surface area contributed by atoms with E-state index in [2.05, 4.69) is 4.90 Å². The molecule has 7 nitrogen and oxygen atoms in total. The molecule has 0 spiro atoms. The molecule has 0 aliphatic rings. The molecule has 1 atom stereocenters. The summed E-state index contributed by atoms with van der Waals surface area (Å²) in [6.45, 7) is 14.0. The van der Waals surface area contributed by atoms with E-state index in [9.17, 15) is 13.2 Å². The van der Waals surface area contributed by atoms with Crippen molar-refractivity contribution < 1.29 is 22.1 Å². The number of nitrogens with zero attached hydrogens (tertiary/aromatic N) is 2. The van der Waals surface area contributed by atoms with Gasteiger partial charge in [0.2, 0.25) is 5.91 Å². The largest absolute Gasteiger partial charge is 0.497 e. The Morgan fingerprint density at radius 2 is 1.60 bits per heavy atom. The van der Waals surface area contributed by atoms with Crippen LogP contribution in [0, 0.1) is 5.92 Å². The maximum atomic E-state index is 13.2. The Balaban J connectivity index is 2.51. The van der Waals surface area contributed by atoms with E-state index in [4.69, 9.17) is 8.92 Å². The summed E-state index contributed by atoms with van der Waals surface area (Å²) in [5.41, 5.74) is 1.51. The molecule has 0 bridgehead atoms. The Morgan fingerprint density at radius 3 is 2.11 bits per heavy atom. The molecule has 0 N–H and O–H groups in total. The van der Waals surface area contributed by atoms with Gasteiger partial charge < -0.3 is 18.7 Å². The predicted octanol–water partition coefficient (Wildman–Crippen LogP) is 5.48. The standard InChI is InChI=1S/C27H40N2O5S/c1-8-21(6)29(27(30)17-20(4)5)19-22-11-12-23(28(9-2)10-3)18-26(22)34-35(31,32)25-15-13-24(33-7)14-16-25/h11-16,18,20-21H,8-10,17,19H2,1-7H3/t21-/m0/s1. The van der Waals surface area contributed by atoms with Crippen molar-refractivity contribution in [2.75, 3.05) is 25.1 Å². The molecular weight excluding hydrogens is 464 g/mol. The van der Waals surface area contributed by atoms with Crippen molar-refractivity contribution in [3.63, 3.8) is 0 Å². The average Bonchev–Trinajstić information content (AvgIpc) is 2.83. The summed E-state index contributed by atoms with van der Waals surface area (Å²) < 4.78 is 37.2. The van der Waals surface area contributed by atoms with E-state index < -0.39 is 10.1 Å². The lowest BCUT2D eigenvalue weighted by atomic mass is 10.1. The van der Waals surface area contributed by atoms with Gasteiger partial charge in [0.1, 0.15) is 16.4 Å². The Hall–Kier alpha value is -2.74. The van der Waals surface area contributed by atoms with Crippen LogP contribution in [0.5, 0.6) is 11.5 Å². The minimum Gasteiger partial charge on any atom is -0.497 e. The quantitative estimate of drug-likeness (QED) is 0.336. The third-order valence-corrected chi connectivity index (χ3v) is 7.34. The molecule has 194 valence electrons. The highest BCUT2D eigenvalue weighted by molar-refractivity contribution is 7.87. The zero-order valence-corrected chi connectivity index (χ0v) is 22.9. The SMILES string of the molecule is CC[C@H](C)N(Cc1ccc(N(CC)CC)cc1OS(=O)(=O)c1ccc(OC)cc1)C(=O)CC(C)C. The molecule has 0 unspecified atom stereocenters. The van der Waals surface area contributed by atoms with E-state index in [0.29, 0.717) is 17.7 Å². The van der Waals surface area contributed by atoms with E-state index >= 15 is 0 Å². The van der Waals surface area contributed by atoms with Crippen molar-refractivity contribution in [2.24, 2.45) is 5.92 Å². The van der Waals surface area contributed by atoms with E-state index in [0.717, 1.165) is 25.2 Å². The lowest BCUT2D eigenvalue weighted by molar-refractivity contribution is -0.134. The zero-order chi connectivity index (χ0) is 26.2. The molecule has 0 aliphatic heterocycles. The van der Waals surface area contributed by atoms with Gasteiger partial charge in [0, 0.05) is 49.4 Å². The van der Waals surface area contributed by atoms with Crippen molar-refractivity contribution in [1.82, 2.24) is 4.90 Å². The highest BCUT2D eigenvalue weighted by atomic mass is 32.2. The molecular formula is C27H40N2O5S. The van der Waals surface area contributed by atoms with Crippen LogP contribution < -0.4 is 13.8 Å². The Labute approximate surface area is 211 Å². The fourth-order valence-electron chi connectivity index (χ4n) is 3.81. The number of carbonyl (C=O) groups excluding carboxylic acids is 1. The van der Waals surface area contributed by atoms with Crippen LogP contribution in [0.25, 0.3) is 0 Å². The van der Waals surface area contributed by atoms with E-state index in [1.807, 2.05) is 58.6 Å². The molecule has 0 fully saturated rings. The van der Waals surface area contributed by atoms with Gasteiger partial charge in [-0.1, -0.05) is 26.8 Å². The zero-order valence-electron chi connectivity index (χ0n) is 22.1. The van der Waals surface area contributed by atoms with Gasteiger partial charge in [-0.2, -0.15) is 8.42 Å². The summed E-state index contributed by atoms with van der Waals surface area (Å²) in [6.07, 6.45) is 1.23. The Kier molecular flexibility index (Phi) is 10.4. The number of carbonyl (C=O) groups is 1. The third-order valence-electron chi connectivity index (χ3n) is 6.09. The monoisotopic (exact) mass is 504 g/mol. The van der Waals surface area contributed by atoms with E-state index in [-0.39, 0.29) is 35.1 Å². The normalized spacial score (nSPS) is 12.3. The first kappa shape index (κ1) is 28.5. The Morgan fingerprint density at radius 1 is 0.971 bits per heavy atom. The van der Waals surface area contributed by atoms with Crippen molar-refractivity contribution in [2.45, 2.75) is 71.9 Å². The molecule has 0 aliphatic carbocycles. The molecule has 0 saturated heterocycles. The molecule has 0 heterocycles. The van der Waals surface area contributed by atoms with Gasteiger partial charge >= 0.3 is 10.1 Å². The van der Waals surface area contributed by atoms with Crippen LogP contribution in [-0.4, -0.2) is 45.5 Å². The lowest BCUT2D eigenvalue weighted by Gasteiger charge is -2.30. The fraction of sp³-hybridized carbons (Fsp3) is 0.519. The molecule has 0 aromatic heterocycles. The van der Waals surface area contributed by atoms with E-state index in [1.54, 1.807) is 18.2 Å². The molecule has 35 heavy (non-hydrogen) atoms. The first-order chi connectivity index (χ1) is 16.6. The van der Waals surface area contributed by atoms with Gasteiger partial charge in [-0.15, -0.1) is 0 Å². The molecule has 0 radical (unpaired) electrons. The number of ether oxygens (including phenoxy) is 1. The fourth-order valence-corrected chi connectivity index (χ4v) is 4.76. The van der Waals surface area contributed by atoms with Gasteiger partial charge in [-0.05, 0) is 63.4 Å². The smallest absolute Gasteiger partial charge is 0.339 e. The molecule has 1 amide bonds. The number of rotatable bonds is 13. The Bertz CT molecular complexity index is 1060. The number of amides is 1. The van der Waals surface area contributed by atoms with Gasteiger partial charge in [0.05, 0.1) is 7.11 Å². The van der Waals surface area contributed by atoms with Crippen LogP contribution in [0.4, 0.5) is 5.69 Å². The number of benzene rings is 2. The van der Waals surface area contributed by atoms with Crippen molar-refractivity contribution in [3.05, 3.63) is 48.0 Å². The van der Waals surface area contributed by atoms with Crippen LogP contribution in [0.15, 0.2) is 47.4 Å². The summed E-state index contributed by atoms with van der Waals surface area (Å²) in [7, 11) is -2.57. The predicted molar refractivity (Wildman–Crippen MR) is 141 cm³/mol. The van der Waals surface area contributed by atoms with Crippen LogP contribution >= 0.6 is 0 Å². The van der Waals surface area contributed by atoms with Gasteiger partial charge in [0.25, 0.3) is 0 Å². The maximum absolute atomic E-state index is 13.2. The number of hydrogen-bond donors (Lipinski definition) is 0. The molecule has 2 rings (SSSR count). The van der Waals surface area contributed by atoms with Crippen LogP contribution in [0.3, 0.4) is 0 Å². The summed E-state index contributed by atoms with van der Waals surface area (Å²) in [4.78, 5) is 17.0. The summed E-state index contributed by atoms with van der Waals surface area (Å²) in [5, 5.41) is 0. The molecule has 0 saturated carbocycles. The van der Waals surface area contributed by atoms with Gasteiger partial charge in [0.15, 0.2) is 0 Å². The van der Waals surface area contributed by atoms with Gasteiger partial charge in [-0.25, -0.2) is 0 Å². The number of anilines is 1. The third kappa shape index (κ3) is 7.62. The maximum Gasteiger partial charge on any atom is 0.339 e. The average molecular weight is 505 g/mol. The van der Waals surface area contributed by atoms with Crippen molar-refractivity contribution in [1.29, 1.82) is 0 Å².